The summed E-state index contributed by atoms with van der Waals surface area (Å²) < 4.78 is 5.53. The smallest absolute Gasteiger partial charge is 0.214 e. The Hall–Kier alpha value is -1.55. The van der Waals surface area contributed by atoms with Gasteiger partial charge in [-0.25, -0.2) is 0 Å². The maximum atomic E-state index is 11.4. The Kier molecular flexibility index (Phi) is 3.64. The van der Waals surface area contributed by atoms with Crippen molar-refractivity contribution >= 4 is 23.3 Å². The third-order valence-electron chi connectivity index (χ3n) is 2.51. The van der Waals surface area contributed by atoms with Gasteiger partial charge in [0.25, 0.3) is 0 Å². The molecule has 2 rings (SSSR count). The number of benzene rings is 1. The van der Waals surface area contributed by atoms with Gasteiger partial charge in [0.1, 0.15) is 11.8 Å². The Balaban J connectivity index is 1.93. The first kappa shape index (κ1) is 11.9. The summed E-state index contributed by atoms with van der Waals surface area (Å²) in [5.74, 6) is 1.34. The highest BCUT2D eigenvalue weighted by Crippen LogP contribution is 2.17. The van der Waals surface area contributed by atoms with Gasteiger partial charge < -0.3 is 4.74 Å². The van der Waals surface area contributed by atoms with Gasteiger partial charge in [0, 0.05) is 11.4 Å². The van der Waals surface area contributed by atoms with Crippen molar-refractivity contribution in [3.8, 4) is 5.75 Å². The second-order valence-corrected chi connectivity index (χ2v) is 4.20. The van der Waals surface area contributed by atoms with E-state index in [9.17, 15) is 4.79 Å². The summed E-state index contributed by atoms with van der Waals surface area (Å²) >= 11 is 5.77. The first-order valence-corrected chi connectivity index (χ1v) is 5.85. The molecule has 0 amide bonds. The molecule has 1 aromatic rings. The minimum atomic E-state index is -0.248. The van der Waals surface area contributed by atoms with E-state index in [2.05, 4.69) is 10.5 Å². The second-order valence-electron chi connectivity index (χ2n) is 3.77. The van der Waals surface area contributed by atoms with Crippen LogP contribution < -0.4 is 10.2 Å². The van der Waals surface area contributed by atoms with Crippen LogP contribution >= 0.6 is 11.6 Å². The fourth-order valence-electron chi connectivity index (χ4n) is 1.55. The topological polar surface area (TPSA) is 50.7 Å². The molecule has 1 unspecified atom stereocenters. The van der Waals surface area contributed by atoms with E-state index in [1.54, 1.807) is 24.3 Å². The standard InChI is InChI=1S/C12H13ClN2O2/c1-2-11(16)10-7-12(15-14-10)17-9-5-3-8(13)4-6-9/h3-6,10,14H,2,7H2,1H3. The maximum absolute atomic E-state index is 11.4. The Labute approximate surface area is 105 Å². The van der Waals surface area contributed by atoms with Crippen molar-refractivity contribution in [1.29, 1.82) is 0 Å². The quantitative estimate of drug-likeness (QED) is 0.899. The highest BCUT2D eigenvalue weighted by Gasteiger charge is 2.25. The number of rotatable bonds is 3. The molecule has 0 fully saturated rings. The number of halogens is 1. The van der Waals surface area contributed by atoms with Crippen LogP contribution in [0.5, 0.6) is 5.75 Å². The summed E-state index contributed by atoms with van der Waals surface area (Å²) in [4.78, 5) is 11.4. The highest BCUT2D eigenvalue weighted by molar-refractivity contribution is 6.30. The first-order chi connectivity index (χ1) is 8.19. The van der Waals surface area contributed by atoms with Gasteiger partial charge >= 0.3 is 0 Å². The van der Waals surface area contributed by atoms with E-state index >= 15 is 0 Å². The van der Waals surface area contributed by atoms with Crippen molar-refractivity contribution in [2.24, 2.45) is 5.10 Å². The number of carbonyl (C=O) groups is 1. The van der Waals surface area contributed by atoms with E-state index in [1.165, 1.54) is 0 Å². The molecule has 1 heterocycles. The average molecular weight is 253 g/mol. The molecule has 1 atom stereocenters. The molecule has 0 bridgehead atoms. The molecule has 0 radical (unpaired) electrons. The number of hydrogen-bond donors (Lipinski definition) is 1. The molecule has 5 heteroatoms. The lowest BCUT2D eigenvalue weighted by Gasteiger charge is -2.06. The van der Waals surface area contributed by atoms with E-state index in [0.717, 1.165) is 0 Å². The second kappa shape index (κ2) is 5.19. The molecule has 0 saturated carbocycles. The van der Waals surface area contributed by atoms with Crippen LogP contribution in [0, 0.1) is 0 Å². The largest absolute Gasteiger partial charge is 0.441 e. The van der Waals surface area contributed by atoms with E-state index < -0.39 is 0 Å². The van der Waals surface area contributed by atoms with Crippen molar-refractivity contribution in [2.75, 3.05) is 0 Å². The fraction of sp³-hybridized carbons (Fsp3) is 0.333. The zero-order valence-corrected chi connectivity index (χ0v) is 10.2. The SMILES string of the molecule is CCC(=O)C1CC(Oc2ccc(Cl)cc2)=NN1. The minimum Gasteiger partial charge on any atom is -0.441 e. The lowest BCUT2D eigenvalue weighted by atomic mass is 10.1. The third kappa shape index (κ3) is 2.97. The summed E-state index contributed by atoms with van der Waals surface area (Å²) in [5.41, 5.74) is 2.78. The van der Waals surface area contributed by atoms with Crippen LogP contribution in [0.25, 0.3) is 0 Å². The minimum absolute atomic E-state index is 0.142. The van der Waals surface area contributed by atoms with Gasteiger partial charge in [-0.1, -0.05) is 18.5 Å². The van der Waals surface area contributed by atoms with Gasteiger partial charge in [0.2, 0.25) is 5.90 Å². The summed E-state index contributed by atoms with van der Waals surface area (Å²) in [7, 11) is 0. The molecule has 0 saturated heterocycles. The zero-order chi connectivity index (χ0) is 12.3. The predicted octanol–water partition coefficient (Wildman–Crippen LogP) is 2.37. The Morgan fingerprint density at radius 3 is 2.88 bits per heavy atom. The highest BCUT2D eigenvalue weighted by atomic mass is 35.5. The number of hydrogen-bond acceptors (Lipinski definition) is 4. The Morgan fingerprint density at radius 1 is 1.53 bits per heavy atom. The average Bonchev–Trinajstić information content (AvgIpc) is 2.80. The molecular formula is C12H13ClN2O2. The number of carbonyl (C=O) groups excluding carboxylic acids is 1. The van der Waals surface area contributed by atoms with Crippen LogP contribution in [0.4, 0.5) is 0 Å². The van der Waals surface area contributed by atoms with Crippen molar-refractivity contribution in [1.82, 2.24) is 5.43 Å². The summed E-state index contributed by atoms with van der Waals surface area (Å²) in [6, 6.07) is 6.77. The van der Waals surface area contributed by atoms with Gasteiger partial charge in [-0.3, -0.25) is 10.2 Å². The number of ether oxygens (including phenoxy) is 1. The molecular weight excluding hydrogens is 240 g/mol. The Bertz CT molecular complexity index is 442. The van der Waals surface area contributed by atoms with E-state index in [-0.39, 0.29) is 11.8 Å². The summed E-state index contributed by atoms with van der Waals surface area (Å²) in [6.07, 6.45) is 0.997. The number of ketones is 1. The molecule has 0 aromatic heterocycles. The van der Waals surface area contributed by atoms with Gasteiger partial charge in [-0.15, -0.1) is 5.10 Å². The molecule has 90 valence electrons. The lowest BCUT2D eigenvalue weighted by molar-refractivity contribution is -0.120. The molecule has 4 nitrogen and oxygen atoms in total. The lowest BCUT2D eigenvalue weighted by Crippen LogP contribution is -2.29. The monoisotopic (exact) mass is 252 g/mol. The van der Waals surface area contributed by atoms with Gasteiger partial charge in [-0.2, -0.15) is 0 Å². The Morgan fingerprint density at radius 2 is 2.24 bits per heavy atom. The molecule has 0 spiro atoms. The van der Waals surface area contributed by atoms with Crippen molar-refractivity contribution in [2.45, 2.75) is 25.8 Å². The van der Waals surface area contributed by atoms with Gasteiger partial charge in [-0.05, 0) is 24.3 Å². The molecule has 1 aromatic carbocycles. The van der Waals surface area contributed by atoms with Crippen molar-refractivity contribution in [3.05, 3.63) is 29.3 Å². The zero-order valence-electron chi connectivity index (χ0n) is 9.44. The van der Waals surface area contributed by atoms with E-state index in [4.69, 9.17) is 16.3 Å². The number of hydrazone groups is 1. The summed E-state index contributed by atoms with van der Waals surface area (Å²) in [6.45, 7) is 1.84. The van der Waals surface area contributed by atoms with Gasteiger partial charge in [0.15, 0.2) is 5.78 Å². The molecule has 1 aliphatic rings. The van der Waals surface area contributed by atoms with E-state index in [0.29, 0.717) is 29.5 Å². The van der Waals surface area contributed by atoms with Crippen LogP contribution in [-0.4, -0.2) is 17.7 Å². The third-order valence-corrected chi connectivity index (χ3v) is 2.76. The van der Waals surface area contributed by atoms with E-state index in [1.807, 2.05) is 6.92 Å². The number of Topliss-reactive ketones (excluding diaryl/α,β-unsaturated/α-hetero) is 1. The maximum Gasteiger partial charge on any atom is 0.214 e. The predicted molar refractivity (Wildman–Crippen MR) is 66.4 cm³/mol. The van der Waals surface area contributed by atoms with Gasteiger partial charge in [0.05, 0.1) is 6.42 Å². The number of nitrogens with zero attached hydrogens (tertiary/aromatic N) is 1. The van der Waals surface area contributed by atoms with Crippen LogP contribution in [-0.2, 0) is 4.79 Å². The van der Waals surface area contributed by atoms with Crippen LogP contribution in [0.1, 0.15) is 19.8 Å². The normalized spacial score (nSPS) is 18.5. The molecule has 17 heavy (non-hydrogen) atoms. The molecule has 0 aliphatic carbocycles. The number of nitrogens with one attached hydrogen (secondary N) is 1. The van der Waals surface area contributed by atoms with Crippen LogP contribution in [0.3, 0.4) is 0 Å². The molecule has 1 aliphatic heterocycles. The summed E-state index contributed by atoms with van der Waals surface area (Å²) in [5, 5.41) is 4.65. The fourth-order valence-corrected chi connectivity index (χ4v) is 1.68. The molecule has 1 N–H and O–H groups in total. The van der Waals surface area contributed by atoms with Crippen LogP contribution in [0.15, 0.2) is 29.4 Å². The first-order valence-electron chi connectivity index (χ1n) is 5.47. The van der Waals surface area contributed by atoms with Crippen molar-refractivity contribution in [3.63, 3.8) is 0 Å². The van der Waals surface area contributed by atoms with Crippen LogP contribution in [0.2, 0.25) is 5.02 Å². The van der Waals surface area contributed by atoms with Crippen molar-refractivity contribution < 1.29 is 9.53 Å².